The van der Waals surface area contributed by atoms with Gasteiger partial charge in [0.2, 0.25) is 0 Å². The minimum atomic E-state index is 0.481. The van der Waals surface area contributed by atoms with Crippen LogP contribution in [-0.4, -0.2) is 7.05 Å². The first-order chi connectivity index (χ1) is 7.72. The van der Waals surface area contributed by atoms with Gasteiger partial charge in [-0.05, 0) is 47.8 Å². The molecule has 16 heavy (non-hydrogen) atoms. The van der Waals surface area contributed by atoms with Gasteiger partial charge >= 0.3 is 0 Å². The van der Waals surface area contributed by atoms with Gasteiger partial charge in [-0.15, -0.1) is 11.3 Å². The van der Waals surface area contributed by atoms with Gasteiger partial charge in [-0.25, -0.2) is 0 Å². The molecule has 0 aromatic carbocycles. The predicted octanol–water partition coefficient (Wildman–Crippen LogP) is 5.00. The Bertz CT molecular complexity index is 327. The van der Waals surface area contributed by atoms with E-state index in [1.807, 2.05) is 0 Å². The van der Waals surface area contributed by atoms with Crippen molar-refractivity contribution in [2.75, 3.05) is 7.05 Å². The van der Waals surface area contributed by atoms with E-state index in [-0.39, 0.29) is 0 Å². The molecule has 1 aliphatic carbocycles. The number of halogens is 2. The molecule has 90 valence electrons. The molecule has 0 saturated heterocycles. The minimum absolute atomic E-state index is 0.481. The van der Waals surface area contributed by atoms with Crippen molar-refractivity contribution >= 4 is 38.9 Å². The van der Waals surface area contributed by atoms with Crippen LogP contribution in [0.5, 0.6) is 0 Å². The molecular weight excluding hydrogens is 306 g/mol. The number of hydrogen-bond acceptors (Lipinski definition) is 2. The largest absolute Gasteiger partial charge is 0.312 e. The molecule has 0 amide bonds. The molecule has 1 aromatic rings. The Balaban J connectivity index is 2.14. The average Bonchev–Trinajstić information content (AvgIpc) is 2.61. The van der Waals surface area contributed by atoms with Crippen molar-refractivity contribution in [3.8, 4) is 0 Å². The van der Waals surface area contributed by atoms with Crippen LogP contribution in [0.2, 0.25) is 4.34 Å². The molecular formula is C12H17BrClNS. The molecule has 0 spiro atoms. The fourth-order valence-electron chi connectivity index (χ4n) is 2.59. The highest BCUT2D eigenvalue weighted by Crippen LogP contribution is 2.41. The zero-order valence-corrected chi connectivity index (χ0v) is 12.6. The molecule has 1 aliphatic rings. The van der Waals surface area contributed by atoms with E-state index in [1.54, 1.807) is 11.3 Å². The predicted molar refractivity (Wildman–Crippen MR) is 75.4 cm³/mol. The van der Waals surface area contributed by atoms with Crippen LogP contribution in [0.3, 0.4) is 0 Å². The number of rotatable bonds is 3. The minimum Gasteiger partial charge on any atom is -0.312 e. The first-order valence-electron chi connectivity index (χ1n) is 5.84. The van der Waals surface area contributed by atoms with Gasteiger partial charge in [0.25, 0.3) is 0 Å². The van der Waals surface area contributed by atoms with Crippen LogP contribution in [0.25, 0.3) is 0 Å². The van der Waals surface area contributed by atoms with Crippen molar-refractivity contribution in [2.24, 2.45) is 5.92 Å². The summed E-state index contributed by atoms with van der Waals surface area (Å²) in [6.45, 7) is 0. The molecule has 1 atom stereocenters. The van der Waals surface area contributed by atoms with Gasteiger partial charge in [-0.3, -0.25) is 0 Å². The van der Waals surface area contributed by atoms with Gasteiger partial charge in [-0.1, -0.05) is 30.9 Å². The maximum atomic E-state index is 6.11. The van der Waals surface area contributed by atoms with Crippen LogP contribution in [0.15, 0.2) is 10.5 Å². The number of thiophene rings is 1. The van der Waals surface area contributed by atoms with Gasteiger partial charge < -0.3 is 5.32 Å². The molecule has 1 nitrogen and oxygen atoms in total. The van der Waals surface area contributed by atoms with Crippen molar-refractivity contribution in [3.63, 3.8) is 0 Å². The third-order valence-electron chi connectivity index (χ3n) is 3.40. The number of nitrogens with one attached hydrogen (secondary N) is 1. The van der Waals surface area contributed by atoms with Gasteiger partial charge in [0.15, 0.2) is 0 Å². The van der Waals surface area contributed by atoms with Crippen LogP contribution in [0, 0.1) is 5.92 Å². The van der Waals surface area contributed by atoms with Crippen LogP contribution in [0.4, 0.5) is 0 Å². The Morgan fingerprint density at radius 2 is 2.12 bits per heavy atom. The van der Waals surface area contributed by atoms with E-state index in [0.29, 0.717) is 6.04 Å². The van der Waals surface area contributed by atoms with Crippen molar-refractivity contribution in [1.29, 1.82) is 0 Å². The lowest BCUT2D eigenvalue weighted by Gasteiger charge is -2.29. The molecule has 0 aliphatic heterocycles. The van der Waals surface area contributed by atoms with E-state index in [0.717, 1.165) is 14.7 Å². The number of hydrogen-bond donors (Lipinski definition) is 1. The lowest BCUT2D eigenvalue weighted by atomic mass is 9.83. The summed E-state index contributed by atoms with van der Waals surface area (Å²) >= 11 is 11.3. The quantitative estimate of drug-likeness (QED) is 0.825. The molecule has 0 radical (unpaired) electrons. The lowest BCUT2D eigenvalue weighted by molar-refractivity contribution is 0.284. The SMILES string of the molecule is CNC(c1cc(Br)c(Cl)s1)C1CCCCC1. The first-order valence-corrected chi connectivity index (χ1v) is 7.83. The average molecular weight is 323 g/mol. The zero-order chi connectivity index (χ0) is 11.5. The molecule has 1 fully saturated rings. The summed E-state index contributed by atoms with van der Waals surface area (Å²) in [5.41, 5.74) is 0. The van der Waals surface area contributed by atoms with Gasteiger partial charge in [0.1, 0.15) is 4.34 Å². The summed E-state index contributed by atoms with van der Waals surface area (Å²) in [7, 11) is 2.06. The molecule has 1 saturated carbocycles. The maximum absolute atomic E-state index is 6.11. The Kier molecular flexibility index (Phi) is 4.71. The van der Waals surface area contributed by atoms with Crippen LogP contribution in [-0.2, 0) is 0 Å². The third kappa shape index (κ3) is 2.81. The second-order valence-corrected chi connectivity index (χ2v) is 6.98. The molecule has 2 rings (SSSR count). The van der Waals surface area contributed by atoms with E-state index >= 15 is 0 Å². The Hall–Kier alpha value is 0.430. The highest BCUT2D eigenvalue weighted by molar-refractivity contribution is 9.10. The molecule has 0 bridgehead atoms. The molecule has 1 unspecified atom stereocenters. The van der Waals surface area contributed by atoms with E-state index < -0.39 is 0 Å². The van der Waals surface area contributed by atoms with E-state index in [9.17, 15) is 0 Å². The lowest BCUT2D eigenvalue weighted by Crippen LogP contribution is -2.26. The summed E-state index contributed by atoms with van der Waals surface area (Å²) < 4.78 is 1.90. The van der Waals surface area contributed by atoms with Gasteiger partial charge in [0, 0.05) is 15.4 Å². The second kappa shape index (κ2) is 5.85. The van der Waals surface area contributed by atoms with Crippen molar-refractivity contribution in [1.82, 2.24) is 5.32 Å². The topological polar surface area (TPSA) is 12.0 Å². The molecule has 1 N–H and O–H groups in total. The first kappa shape index (κ1) is 12.9. The third-order valence-corrected chi connectivity index (χ3v) is 5.96. The molecule has 1 aromatic heterocycles. The summed E-state index contributed by atoms with van der Waals surface area (Å²) in [5.74, 6) is 0.778. The van der Waals surface area contributed by atoms with Gasteiger partial charge in [0.05, 0.1) is 0 Å². The van der Waals surface area contributed by atoms with Crippen LogP contribution in [0.1, 0.15) is 43.0 Å². The summed E-state index contributed by atoms with van der Waals surface area (Å²) in [5, 5.41) is 3.46. The van der Waals surface area contributed by atoms with Gasteiger partial charge in [-0.2, -0.15) is 0 Å². The van der Waals surface area contributed by atoms with Crippen LogP contribution < -0.4 is 5.32 Å². The smallest absolute Gasteiger partial charge is 0.107 e. The summed E-state index contributed by atoms with van der Waals surface area (Å²) in [4.78, 5) is 1.37. The molecule has 4 heteroatoms. The summed E-state index contributed by atoms with van der Waals surface area (Å²) in [6, 6.07) is 2.65. The molecule has 1 heterocycles. The monoisotopic (exact) mass is 321 g/mol. The van der Waals surface area contributed by atoms with E-state index in [4.69, 9.17) is 11.6 Å². The van der Waals surface area contributed by atoms with E-state index in [1.165, 1.54) is 37.0 Å². The normalized spacial score (nSPS) is 19.9. The van der Waals surface area contributed by atoms with Crippen molar-refractivity contribution in [2.45, 2.75) is 38.1 Å². The second-order valence-electron chi connectivity index (χ2n) is 4.43. The Morgan fingerprint density at radius 3 is 2.62 bits per heavy atom. The van der Waals surface area contributed by atoms with Crippen molar-refractivity contribution in [3.05, 3.63) is 19.8 Å². The Labute approximate surface area is 115 Å². The standard InChI is InChI=1S/C12H17BrClNS/c1-15-11(8-5-3-2-4-6-8)10-7-9(13)12(14)16-10/h7-8,11,15H,2-6H2,1H3. The van der Waals surface area contributed by atoms with Crippen LogP contribution >= 0.6 is 38.9 Å². The van der Waals surface area contributed by atoms with Crippen molar-refractivity contribution < 1.29 is 0 Å². The highest BCUT2D eigenvalue weighted by atomic mass is 79.9. The maximum Gasteiger partial charge on any atom is 0.107 e. The fourth-order valence-corrected chi connectivity index (χ4v) is 4.53. The zero-order valence-electron chi connectivity index (χ0n) is 9.43. The fraction of sp³-hybridized carbons (Fsp3) is 0.667. The highest BCUT2D eigenvalue weighted by Gasteiger charge is 2.25. The summed E-state index contributed by atoms with van der Waals surface area (Å²) in [6.07, 6.45) is 6.85. The van der Waals surface area contributed by atoms with E-state index in [2.05, 4.69) is 34.4 Å². The Morgan fingerprint density at radius 1 is 1.44 bits per heavy atom.